The normalized spacial score (nSPS) is 14.4. The minimum Gasteiger partial charge on any atom is -0.390 e. The summed E-state index contributed by atoms with van der Waals surface area (Å²) in [5, 5.41) is 20.2. The highest BCUT2D eigenvalue weighted by Crippen LogP contribution is 2.18. The molecular formula is C11H13BrN4O2. The van der Waals surface area contributed by atoms with Gasteiger partial charge in [0.1, 0.15) is 12.4 Å². The molecule has 18 heavy (non-hydrogen) atoms. The Morgan fingerprint density at radius 3 is 2.56 bits per heavy atom. The van der Waals surface area contributed by atoms with Gasteiger partial charge in [-0.3, -0.25) is 4.57 Å². The number of halogens is 1. The van der Waals surface area contributed by atoms with Crippen molar-refractivity contribution in [1.29, 1.82) is 0 Å². The second kappa shape index (κ2) is 6.03. The van der Waals surface area contributed by atoms with Gasteiger partial charge in [0.05, 0.1) is 6.10 Å². The van der Waals surface area contributed by atoms with Gasteiger partial charge in [0.25, 0.3) is 0 Å². The predicted molar refractivity (Wildman–Crippen MR) is 68.5 cm³/mol. The van der Waals surface area contributed by atoms with Crippen LogP contribution in [0.4, 0.5) is 0 Å². The van der Waals surface area contributed by atoms with Crippen molar-refractivity contribution in [2.75, 3.05) is 5.33 Å². The van der Waals surface area contributed by atoms with Gasteiger partial charge in [-0.05, 0) is 6.42 Å². The summed E-state index contributed by atoms with van der Waals surface area (Å²) in [6.45, 7) is 0. The van der Waals surface area contributed by atoms with E-state index in [1.807, 2.05) is 0 Å². The topological polar surface area (TPSA) is 84.1 Å². The van der Waals surface area contributed by atoms with E-state index in [-0.39, 0.29) is 0 Å². The van der Waals surface area contributed by atoms with E-state index in [1.54, 1.807) is 23.3 Å². The van der Waals surface area contributed by atoms with Crippen LogP contribution in [0.1, 0.15) is 18.1 Å². The molecule has 7 heteroatoms. The molecule has 0 radical (unpaired) electrons. The summed E-state index contributed by atoms with van der Waals surface area (Å²) < 4.78 is 1.66. The Bertz CT molecular complexity index is 474. The lowest BCUT2D eigenvalue weighted by atomic mass is 10.1. The molecule has 0 aliphatic rings. The molecule has 2 atom stereocenters. The smallest absolute Gasteiger partial charge is 0.234 e. The first-order valence-electron chi connectivity index (χ1n) is 5.44. The summed E-state index contributed by atoms with van der Waals surface area (Å²) in [5.74, 6) is 0.471. The molecule has 0 saturated heterocycles. The van der Waals surface area contributed by atoms with Crippen LogP contribution in [0.3, 0.4) is 0 Å². The molecule has 2 rings (SSSR count). The standard InChI is InChI=1S/C11H13BrN4O2/c12-2-1-9(17)10(18)8-5-14-11(15-6-8)16-4-3-13-7-16/h3-7,9-10,17-18H,1-2H2. The Labute approximate surface area is 112 Å². The van der Waals surface area contributed by atoms with Gasteiger partial charge in [-0.2, -0.15) is 0 Å². The molecule has 2 aromatic rings. The van der Waals surface area contributed by atoms with Crippen LogP contribution >= 0.6 is 15.9 Å². The summed E-state index contributed by atoms with van der Waals surface area (Å²) in [7, 11) is 0. The number of nitrogens with zero attached hydrogens (tertiary/aromatic N) is 4. The van der Waals surface area contributed by atoms with Gasteiger partial charge in [0.15, 0.2) is 0 Å². The van der Waals surface area contributed by atoms with E-state index in [2.05, 4.69) is 30.9 Å². The zero-order valence-electron chi connectivity index (χ0n) is 9.52. The number of alkyl halides is 1. The Balaban J connectivity index is 2.12. The van der Waals surface area contributed by atoms with Gasteiger partial charge in [-0.25, -0.2) is 15.0 Å². The number of aliphatic hydroxyl groups excluding tert-OH is 2. The number of hydrogen-bond acceptors (Lipinski definition) is 5. The number of aromatic nitrogens is 4. The molecule has 0 spiro atoms. The number of aliphatic hydroxyl groups is 2. The summed E-state index contributed by atoms with van der Waals surface area (Å²) in [5.41, 5.74) is 0.493. The van der Waals surface area contributed by atoms with Crippen LogP contribution < -0.4 is 0 Å². The first kappa shape index (κ1) is 13.1. The molecule has 0 fully saturated rings. The molecular weight excluding hydrogens is 300 g/mol. The fourth-order valence-electron chi connectivity index (χ4n) is 1.49. The van der Waals surface area contributed by atoms with Crippen molar-refractivity contribution in [3.8, 4) is 5.95 Å². The van der Waals surface area contributed by atoms with E-state index in [0.29, 0.717) is 23.3 Å². The van der Waals surface area contributed by atoms with Crippen molar-refractivity contribution < 1.29 is 10.2 Å². The number of imidazole rings is 1. The maximum atomic E-state index is 9.87. The first-order chi connectivity index (χ1) is 8.72. The third kappa shape index (κ3) is 2.92. The molecule has 0 aliphatic heterocycles. The average Bonchev–Trinajstić information content (AvgIpc) is 2.92. The van der Waals surface area contributed by atoms with Gasteiger partial charge in [0.2, 0.25) is 5.95 Å². The number of hydrogen-bond donors (Lipinski definition) is 2. The van der Waals surface area contributed by atoms with Crippen LogP contribution in [-0.4, -0.2) is 41.2 Å². The van der Waals surface area contributed by atoms with Gasteiger partial charge < -0.3 is 10.2 Å². The van der Waals surface area contributed by atoms with E-state index in [9.17, 15) is 10.2 Å². The highest BCUT2D eigenvalue weighted by molar-refractivity contribution is 9.09. The molecule has 0 aromatic carbocycles. The Hall–Kier alpha value is -1.31. The fourth-order valence-corrected chi connectivity index (χ4v) is 1.96. The van der Waals surface area contributed by atoms with E-state index < -0.39 is 12.2 Å². The van der Waals surface area contributed by atoms with Crippen molar-refractivity contribution in [3.63, 3.8) is 0 Å². The predicted octanol–water partition coefficient (Wildman–Crippen LogP) is 0.842. The Morgan fingerprint density at radius 2 is 2.00 bits per heavy atom. The second-order valence-electron chi connectivity index (χ2n) is 3.78. The van der Waals surface area contributed by atoms with E-state index >= 15 is 0 Å². The molecule has 0 bridgehead atoms. The van der Waals surface area contributed by atoms with Crippen molar-refractivity contribution in [2.24, 2.45) is 0 Å². The van der Waals surface area contributed by atoms with Crippen LogP contribution in [0.5, 0.6) is 0 Å². The molecule has 2 N–H and O–H groups in total. The summed E-state index contributed by atoms with van der Waals surface area (Å²) in [6.07, 6.45) is 6.62. The quantitative estimate of drug-likeness (QED) is 0.799. The van der Waals surface area contributed by atoms with E-state index in [4.69, 9.17) is 0 Å². The molecule has 0 aliphatic carbocycles. The zero-order chi connectivity index (χ0) is 13.0. The lowest BCUT2D eigenvalue weighted by Crippen LogP contribution is -2.19. The Morgan fingerprint density at radius 1 is 1.28 bits per heavy atom. The molecule has 2 unspecified atom stereocenters. The maximum Gasteiger partial charge on any atom is 0.234 e. The first-order valence-corrected chi connectivity index (χ1v) is 6.57. The van der Waals surface area contributed by atoms with Crippen molar-refractivity contribution in [1.82, 2.24) is 19.5 Å². The van der Waals surface area contributed by atoms with Crippen LogP contribution in [0.25, 0.3) is 5.95 Å². The minimum atomic E-state index is -0.973. The highest BCUT2D eigenvalue weighted by Gasteiger charge is 2.18. The van der Waals surface area contributed by atoms with Gasteiger partial charge in [0, 0.05) is 35.7 Å². The van der Waals surface area contributed by atoms with Crippen molar-refractivity contribution >= 4 is 15.9 Å². The minimum absolute atomic E-state index is 0.463. The van der Waals surface area contributed by atoms with Gasteiger partial charge in [-0.1, -0.05) is 15.9 Å². The summed E-state index contributed by atoms with van der Waals surface area (Å²) >= 11 is 3.22. The largest absolute Gasteiger partial charge is 0.390 e. The average molecular weight is 313 g/mol. The molecule has 2 aromatic heterocycles. The fraction of sp³-hybridized carbons (Fsp3) is 0.364. The number of rotatable bonds is 5. The third-order valence-electron chi connectivity index (χ3n) is 2.50. The second-order valence-corrected chi connectivity index (χ2v) is 4.57. The highest BCUT2D eigenvalue weighted by atomic mass is 79.9. The van der Waals surface area contributed by atoms with Crippen LogP contribution in [0, 0.1) is 0 Å². The van der Waals surface area contributed by atoms with Gasteiger partial charge >= 0.3 is 0 Å². The van der Waals surface area contributed by atoms with Crippen LogP contribution in [-0.2, 0) is 0 Å². The molecule has 0 amide bonds. The maximum absolute atomic E-state index is 9.87. The third-order valence-corrected chi connectivity index (χ3v) is 2.96. The lowest BCUT2D eigenvalue weighted by molar-refractivity contribution is 0.0169. The molecule has 96 valence electrons. The lowest BCUT2D eigenvalue weighted by Gasteiger charge is -2.16. The van der Waals surface area contributed by atoms with Crippen molar-refractivity contribution in [3.05, 3.63) is 36.7 Å². The molecule has 6 nitrogen and oxygen atoms in total. The Kier molecular flexibility index (Phi) is 4.40. The van der Waals surface area contributed by atoms with Crippen LogP contribution in [0.15, 0.2) is 31.1 Å². The molecule has 2 heterocycles. The van der Waals surface area contributed by atoms with Crippen LogP contribution in [0.2, 0.25) is 0 Å². The SMILES string of the molecule is OC(CCBr)C(O)c1cnc(-n2ccnc2)nc1. The van der Waals surface area contributed by atoms with E-state index in [1.165, 1.54) is 12.4 Å². The summed E-state index contributed by atoms with van der Waals surface area (Å²) in [6, 6.07) is 0. The summed E-state index contributed by atoms with van der Waals surface area (Å²) in [4.78, 5) is 12.1. The zero-order valence-corrected chi connectivity index (χ0v) is 11.1. The van der Waals surface area contributed by atoms with Crippen molar-refractivity contribution in [2.45, 2.75) is 18.6 Å². The van der Waals surface area contributed by atoms with Gasteiger partial charge in [-0.15, -0.1) is 0 Å². The molecule has 0 saturated carbocycles. The van der Waals surface area contributed by atoms with E-state index in [0.717, 1.165) is 0 Å². The monoisotopic (exact) mass is 312 g/mol.